The molecule has 1 N–H and O–H groups in total. The Hall–Kier alpha value is -0.810. The molecular weight excluding hydrogens is 220 g/mol. The number of carbonyl (C=O) groups excluding carboxylic acids is 1. The average molecular weight is 242 g/mol. The lowest BCUT2D eigenvalue weighted by Crippen LogP contribution is -2.42. The monoisotopic (exact) mass is 242 g/mol. The molecule has 5 nitrogen and oxygen atoms in total. The summed E-state index contributed by atoms with van der Waals surface area (Å²) in [6.07, 6.45) is 2.96. The second-order valence-electron chi connectivity index (χ2n) is 4.89. The van der Waals surface area contributed by atoms with E-state index in [9.17, 15) is 4.79 Å². The lowest BCUT2D eigenvalue weighted by molar-refractivity contribution is 0.0403. The Balaban J connectivity index is 1.94. The normalized spacial score (nSPS) is 32.5. The third-order valence-electron chi connectivity index (χ3n) is 3.83. The fourth-order valence-electron chi connectivity index (χ4n) is 3.05. The third-order valence-corrected chi connectivity index (χ3v) is 3.83. The molecule has 1 amide bonds. The number of rotatable bonds is 4. The highest BCUT2D eigenvalue weighted by atomic mass is 16.6. The van der Waals surface area contributed by atoms with E-state index in [1.807, 2.05) is 6.92 Å². The van der Waals surface area contributed by atoms with Crippen LogP contribution in [0, 0.1) is 0 Å². The number of fused-ring (bicyclic) bond motifs is 1. The molecule has 5 heteroatoms. The maximum atomic E-state index is 11.2. The van der Waals surface area contributed by atoms with Gasteiger partial charge in [-0.3, -0.25) is 4.90 Å². The molecule has 0 spiro atoms. The van der Waals surface area contributed by atoms with E-state index in [0.717, 1.165) is 39.1 Å². The lowest BCUT2D eigenvalue weighted by Gasteiger charge is -2.30. The van der Waals surface area contributed by atoms with Crippen molar-refractivity contribution < 1.29 is 14.3 Å². The van der Waals surface area contributed by atoms with Crippen molar-refractivity contribution in [3.8, 4) is 0 Å². The topological polar surface area (TPSA) is 50.8 Å². The Bertz CT molecular complexity index is 285. The van der Waals surface area contributed by atoms with E-state index in [-0.39, 0.29) is 17.7 Å². The van der Waals surface area contributed by atoms with Gasteiger partial charge in [0.15, 0.2) is 0 Å². The Morgan fingerprint density at radius 2 is 2.41 bits per heavy atom. The van der Waals surface area contributed by atoms with E-state index >= 15 is 0 Å². The molecule has 17 heavy (non-hydrogen) atoms. The predicted octanol–water partition coefficient (Wildman–Crippen LogP) is 0.986. The zero-order chi connectivity index (χ0) is 12.3. The first-order chi connectivity index (χ1) is 8.20. The number of ether oxygens (including phenoxy) is 2. The maximum absolute atomic E-state index is 11.2. The highest BCUT2D eigenvalue weighted by Gasteiger charge is 2.49. The van der Waals surface area contributed by atoms with Crippen molar-refractivity contribution in [2.24, 2.45) is 0 Å². The Kier molecular flexibility index (Phi) is 3.89. The first-order valence-corrected chi connectivity index (χ1v) is 6.41. The van der Waals surface area contributed by atoms with Gasteiger partial charge in [0.2, 0.25) is 0 Å². The Labute approximate surface area is 102 Å². The van der Waals surface area contributed by atoms with Crippen molar-refractivity contribution in [2.45, 2.75) is 37.8 Å². The van der Waals surface area contributed by atoms with Crippen molar-refractivity contribution in [3.63, 3.8) is 0 Å². The van der Waals surface area contributed by atoms with Crippen molar-refractivity contribution >= 4 is 6.09 Å². The summed E-state index contributed by atoms with van der Waals surface area (Å²) >= 11 is 0. The van der Waals surface area contributed by atoms with Crippen LogP contribution in [0.5, 0.6) is 0 Å². The molecule has 98 valence electrons. The van der Waals surface area contributed by atoms with Crippen molar-refractivity contribution in [1.29, 1.82) is 0 Å². The van der Waals surface area contributed by atoms with E-state index in [1.54, 1.807) is 7.05 Å². The molecule has 2 aliphatic heterocycles. The second-order valence-corrected chi connectivity index (χ2v) is 4.89. The van der Waals surface area contributed by atoms with E-state index < -0.39 is 0 Å². The van der Waals surface area contributed by atoms with Crippen LogP contribution in [0.4, 0.5) is 4.79 Å². The van der Waals surface area contributed by atoms with Gasteiger partial charge in [-0.05, 0) is 26.3 Å². The first-order valence-electron chi connectivity index (χ1n) is 6.41. The molecule has 2 saturated heterocycles. The molecule has 0 aromatic heterocycles. The summed E-state index contributed by atoms with van der Waals surface area (Å²) < 4.78 is 11.0. The molecule has 0 bridgehead atoms. The van der Waals surface area contributed by atoms with Gasteiger partial charge in [-0.2, -0.15) is 0 Å². The fraction of sp³-hybridized carbons (Fsp3) is 0.917. The minimum absolute atomic E-state index is 0.00991. The number of hydrogen-bond donors (Lipinski definition) is 1. The number of alkyl carbamates (subject to hydrolysis) is 1. The summed E-state index contributed by atoms with van der Waals surface area (Å²) in [6, 6.07) is 0. The van der Waals surface area contributed by atoms with Crippen LogP contribution < -0.4 is 5.32 Å². The molecule has 2 unspecified atom stereocenters. The highest BCUT2D eigenvalue weighted by Crippen LogP contribution is 2.40. The van der Waals surface area contributed by atoms with Crippen LogP contribution in [-0.4, -0.2) is 56.0 Å². The number of nitrogens with one attached hydrogen (secondary N) is 1. The van der Waals surface area contributed by atoms with E-state index in [4.69, 9.17) is 9.47 Å². The molecule has 0 radical (unpaired) electrons. The quantitative estimate of drug-likeness (QED) is 0.798. The van der Waals surface area contributed by atoms with Gasteiger partial charge in [-0.25, -0.2) is 4.79 Å². The van der Waals surface area contributed by atoms with Gasteiger partial charge in [-0.1, -0.05) is 0 Å². The molecule has 2 aliphatic rings. The van der Waals surface area contributed by atoms with E-state index in [0.29, 0.717) is 0 Å². The minimum atomic E-state index is -0.331. The molecular formula is C12H22N2O3. The van der Waals surface area contributed by atoms with Crippen LogP contribution in [0.2, 0.25) is 0 Å². The van der Waals surface area contributed by atoms with Crippen LogP contribution in [0.1, 0.15) is 26.2 Å². The summed E-state index contributed by atoms with van der Waals surface area (Å²) in [5.74, 6) is 0. The number of carbonyl (C=O) groups is 1. The summed E-state index contributed by atoms with van der Waals surface area (Å²) in [6.45, 7) is 5.47. The van der Waals surface area contributed by atoms with Crippen molar-refractivity contribution in [2.75, 3.05) is 33.4 Å². The molecule has 0 saturated carbocycles. The molecule has 2 rings (SSSR count). The van der Waals surface area contributed by atoms with Gasteiger partial charge in [0, 0.05) is 32.2 Å². The van der Waals surface area contributed by atoms with Crippen LogP contribution in [-0.2, 0) is 9.47 Å². The van der Waals surface area contributed by atoms with Gasteiger partial charge in [0.25, 0.3) is 0 Å². The summed E-state index contributed by atoms with van der Waals surface area (Å²) in [5.41, 5.74) is 0.120. The van der Waals surface area contributed by atoms with Crippen LogP contribution in [0.15, 0.2) is 0 Å². The summed E-state index contributed by atoms with van der Waals surface area (Å²) in [4.78, 5) is 13.6. The Morgan fingerprint density at radius 1 is 1.59 bits per heavy atom. The average Bonchev–Trinajstić information content (AvgIpc) is 2.82. The molecule has 2 heterocycles. The smallest absolute Gasteiger partial charge is 0.407 e. The van der Waals surface area contributed by atoms with E-state index in [2.05, 4.69) is 10.2 Å². The SMILES string of the molecule is CCOCC12CCCN1CC(OC(=O)NC)C2. The third kappa shape index (κ3) is 2.55. The van der Waals surface area contributed by atoms with Crippen LogP contribution in [0.3, 0.4) is 0 Å². The van der Waals surface area contributed by atoms with Crippen molar-refractivity contribution in [3.05, 3.63) is 0 Å². The van der Waals surface area contributed by atoms with Gasteiger partial charge in [0.05, 0.1) is 6.61 Å². The number of amides is 1. The minimum Gasteiger partial charge on any atom is -0.445 e. The lowest BCUT2D eigenvalue weighted by atomic mass is 9.94. The van der Waals surface area contributed by atoms with Crippen LogP contribution >= 0.6 is 0 Å². The molecule has 0 aliphatic carbocycles. The summed E-state index contributed by atoms with van der Waals surface area (Å²) in [7, 11) is 1.59. The zero-order valence-electron chi connectivity index (χ0n) is 10.7. The second kappa shape index (κ2) is 5.23. The fourth-order valence-corrected chi connectivity index (χ4v) is 3.05. The summed E-state index contributed by atoms with van der Waals surface area (Å²) in [5, 5.41) is 2.50. The van der Waals surface area contributed by atoms with Crippen LogP contribution in [0.25, 0.3) is 0 Å². The maximum Gasteiger partial charge on any atom is 0.407 e. The predicted molar refractivity (Wildman–Crippen MR) is 64.0 cm³/mol. The molecule has 0 aromatic carbocycles. The van der Waals surface area contributed by atoms with E-state index in [1.165, 1.54) is 6.42 Å². The molecule has 0 aromatic rings. The van der Waals surface area contributed by atoms with Gasteiger partial charge < -0.3 is 14.8 Å². The van der Waals surface area contributed by atoms with Gasteiger partial charge >= 0.3 is 6.09 Å². The van der Waals surface area contributed by atoms with Gasteiger partial charge in [-0.15, -0.1) is 0 Å². The first kappa shape index (κ1) is 12.6. The van der Waals surface area contributed by atoms with Gasteiger partial charge in [0.1, 0.15) is 6.10 Å². The highest BCUT2D eigenvalue weighted by molar-refractivity contribution is 5.66. The largest absolute Gasteiger partial charge is 0.445 e. The zero-order valence-corrected chi connectivity index (χ0v) is 10.7. The number of hydrogen-bond acceptors (Lipinski definition) is 4. The standard InChI is InChI=1S/C12H22N2O3/c1-3-16-9-12-5-4-6-14(12)8-10(7-12)17-11(15)13-2/h10H,3-9H2,1-2H3,(H,13,15). The van der Waals surface area contributed by atoms with Crippen molar-refractivity contribution in [1.82, 2.24) is 10.2 Å². The number of nitrogens with zero attached hydrogens (tertiary/aromatic N) is 1. The molecule has 2 fully saturated rings. The Morgan fingerprint density at radius 3 is 3.12 bits per heavy atom. The molecule has 2 atom stereocenters.